The molecule has 3 aromatic carbocycles. The molecule has 4 aromatic rings. The molecule has 11 heteroatoms. The maximum absolute atomic E-state index is 13.8. The van der Waals surface area contributed by atoms with Crippen LogP contribution in [0.5, 0.6) is 17.2 Å². The molecule has 2 amide bonds. The van der Waals surface area contributed by atoms with Gasteiger partial charge in [-0.2, -0.15) is 0 Å². The Bertz CT molecular complexity index is 1660. The standard InChI is InChI=1S/C34H36N4O6S/c1-21-16-38(22(2)19-39)34(41)26-5-4-6-27(36-32(40)24-8-10-25(11-9-24)33-35-13-14-45-33)31(26)44-30(21)18-37(3)17-23-7-12-28-29(15-23)43-20-42-28/h4-15,21-22,30,39H,16-20H2,1-3H3,(H,36,40)/t21-,22+,30-/m0/s1. The normalized spacial score (nSPS) is 18.2. The van der Waals surface area contributed by atoms with Gasteiger partial charge in [-0.15, -0.1) is 11.3 Å². The Morgan fingerprint density at radius 2 is 1.96 bits per heavy atom. The molecular formula is C34H36N4O6S. The van der Waals surface area contributed by atoms with E-state index in [1.165, 1.54) is 11.3 Å². The van der Waals surface area contributed by atoms with E-state index in [2.05, 4.69) is 15.2 Å². The number of para-hydroxylation sites is 1. The van der Waals surface area contributed by atoms with E-state index in [-0.39, 0.29) is 37.2 Å². The number of thiazole rings is 1. The maximum atomic E-state index is 13.8. The van der Waals surface area contributed by atoms with Crippen molar-refractivity contribution in [1.82, 2.24) is 14.8 Å². The largest absolute Gasteiger partial charge is 0.486 e. The lowest BCUT2D eigenvalue weighted by molar-refractivity contribution is 0.0343. The van der Waals surface area contributed by atoms with Gasteiger partial charge in [0, 0.05) is 48.3 Å². The van der Waals surface area contributed by atoms with Crippen LogP contribution < -0.4 is 19.5 Å². The van der Waals surface area contributed by atoms with E-state index < -0.39 is 6.04 Å². The number of nitrogens with zero attached hydrogens (tertiary/aromatic N) is 3. The van der Waals surface area contributed by atoms with Crippen LogP contribution in [0.2, 0.25) is 0 Å². The Morgan fingerprint density at radius 1 is 1.16 bits per heavy atom. The number of carbonyl (C=O) groups excluding carboxylic acids is 2. The summed E-state index contributed by atoms with van der Waals surface area (Å²) in [6, 6.07) is 17.9. The SMILES string of the molecule is C[C@H](CO)N1C[C@H](C)[C@H](CN(C)Cc2ccc3c(c2)OCO3)Oc2c(NC(=O)c3ccc(-c4nccs4)cc3)cccc2C1=O. The summed E-state index contributed by atoms with van der Waals surface area (Å²) in [5, 5.41) is 15.8. The van der Waals surface area contributed by atoms with Crippen LogP contribution in [0.3, 0.4) is 0 Å². The topological polar surface area (TPSA) is 113 Å². The van der Waals surface area contributed by atoms with Crippen LogP contribution in [0.4, 0.5) is 5.69 Å². The third kappa shape index (κ3) is 6.65. The van der Waals surface area contributed by atoms with E-state index >= 15 is 0 Å². The van der Waals surface area contributed by atoms with Crippen molar-refractivity contribution in [3.63, 3.8) is 0 Å². The minimum absolute atomic E-state index is 0.0857. The minimum atomic E-state index is -0.396. The van der Waals surface area contributed by atoms with Crippen molar-refractivity contribution in [2.45, 2.75) is 32.5 Å². The maximum Gasteiger partial charge on any atom is 0.258 e. The number of hydrogen-bond acceptors (Lipinski definition) is 9. The molecule has 6 rings (SSSR count). The number of aromatic nitrogens is 1. The third-order valence-electron chi connectivity index (χ3n) is 8.15. The molecule has 10 nitrogen and oxygen atoms in total. The highest BCUT2D eigenvalue weighted by Gasteiger charge is 2.34. The fourth-order valence-corrected chi connectivity index (χ4v) is 6.25. The van der Waals surface area contributed by atoms with Gasteiger partial charge in [-0.3, -0.25) is 14.5 Å². The smallest absolute Gasteiger partial charge is 0.258 e. The van der Waals surface area contributed by atoms with Crippen LogP contribution >= 0.6 is 11.3 Å². The second-order valence-electron chi connectivity index (χ2n) is 11.6. The molecule has 45 heavy (non-hydrogen) atoms. The van der Waals surface area contributed by atoms with E-state index in [4.69, 9.17) is 14.2 Å². The number of ether oxygens (including phenoxy) is 3. The second-order valence-corrected chi connectivity index (χ2v) is 12.5. The Labute approximate surface area is 266 Å². The zero-order chi connectivity index (χ0) is 31.5. The van der Waals surface area contributed by atoms with Crippen molar-refractivity contribution in [3.05, 3.63) is 88.9 Å². The molecule has 234 valence electrons. The first-order valence-corrected chi connectivity index (χ1v) is 15.8. The molecule has 0 saturated heterocycles. The molecule has 1 aromatic heterocycles. The molecule has 2 N–H and O–H groups in total. The molecule has 0 radical (unpaired) electrons. The van der Waals surface area contributed by atoms with Crippen molar-refractivity contribution in [2.75, 3.05) is 38.9 Å². The zero-order valence-corrected chi connectivity index (χ0v) is 26.3. The van der Waals surface area contributed by atoms with Crippen LogP contribution in [0, 0.1) is 5.92 Å². The Morgan fingerprint density at radius 3 is 2.71 bits per heavy atom. The minimum Gasteiger partial charge on any atom is -0.486 e. The van der Waals surface area contributed by atoms with Gasteiger partial charge in [0.1, 0.15) is 11.1 Å². The van der Waals surface area contributed by atoms with E-state index in [9.17, 15) is 14.7 Å². The first kappa shape index (κ1) is 30.6. The summed E-state index contributed by atoms with van der Waals surface area (Å²) in [6.45, 7) is 5.52. The summed E-state index contributed by atoms with van der Waals surface area (Å²) in [4.78, 5) is 35.5. The number of carbonyl (C=O) groups is 2. The molecule has 0 unspecified atom stereocenters. The molecule has 0 bridgehead atoms. The fourth-order valence-electron chi connectivity index (χ4n) is 5.61. The molecule has 3 heterocycles. The predicted octanol–water partition coefficient (Wildman–Crippen LogP) is 5.14. The number of anilines is 1. The van der Waals surface area contributed by atoms with Crippen LogP contribution in [-0.2, 0) is 6.54 Å². The van der Waals surface area contributed by atoms with Gasteiger partial charge in [0.25, 0.3) is 11.8 Å². The summed E-state index contributed by atoms with van der Waals surface area (Å²) in [5.41, 5.74) is 3.21. The van der Waals surface area contributed by atoms with E-state index in [1.807, 2.05) is 56.6 Å². The van der Waals surface area contributed by atoms with Crippen molar-refractivity contribution in [2.24, 2.45) is 5.92 Å². The van der Waals surface area contributed by atoms with Crippen LogP contribution in [0.1, 0.15) is 40.1 Å². The van der Waals surface area contributed by atoms with Crippen molar-refractivity contribution < 1.29 is 28.9 Å². The number of likely N-dealkylation sites (N-methyl/N-ethyl adjacent to an activating group) is 1. The Kier molecular flexibility index (Phi) is 9.02. The van der Waals surface area contributed by atoms with Crippen LogP contribution in [-0.4, -0.2) is 77.4 Å². The number of rotatable bonds is 9. The van der Waals surface area contributed by atoms with Gasteiger partial charge in [0.2, 0.25) is 6.79 Å². The Hall–Kier alpha value is -4.45. The molecule has 0 fully saturated rings. The van der Waals surface area contributed by atoms with Gasteiger partial charge in [-0.05, 0) is 55.9 Å². The molecular weight excluding hydrogens is 592 g/mol. The number of fused-ring (bicyclic) bond motifs is 2. The van der Waals surface area contributed by atoms with Gasteiger partial charge < -0.3 is 29.5 Å². The number of benzene rings is 3. The summed E-state index contributed by atoms with van der Waals surface area (Å²) in [6.07, 6.45) is 1.41. The molecule has 0 saturated carbocycles. The monoisotopic (exact) mass is 628 g/mol. The summed E-state index contributed by atoms with van der Waals surface area (Å²) >= 11 is 1.53. The first-order chi connectivity index (χ1) is 21.8. The fraction of sp³-hybridized carbons (Fsp3) is 0.324. The molecule has 0 spiro atoms. The molecule has 2 aliphatic rings. The average Bonchev–Trinajstić information content (AvgIpc) is 3.75. The molecule has 3 atom stereocenters. The zero-order valence-electron chi connectivity index (χ0n) is 25.4. The lowest BCUT2D eigenvalue weighted by Gasteiger charge is -2.38. The predicted molar refractivity (Wildman–Crippen MR) is 172 cm³/mol. The third-order valence-corrected chi connectivity index (χ3v) is 8.97. The number of aliphatic hydroxyl groups excluding tert-OH is 1. The number of aliphatic hydroxyl groups is 1. The number of amides is 2. The highest BCUT2D eigenvalue weighted by molar-refractivity contribution is 7.13. The average molecular weight is 629 g/mol. The van der Waals surface area contributed by atoms with E-state index in [1.54, 1.807) is 41.4 Å². The molecule has 2 aliphatic heterocycles. The van der Waals surface area contributed by atoms with Gasteiger partial charge in [-0.1, -0.05) is 31.2 Å². The summed E-state index contributed by atoms with van der Waals surface area (Å²) in [5.74, 6) is 1.13. The van der Waals surface area contributed by atoms with Crippen LogP contribution in [0.25, 0.3) is 10.6 Å². The second kappa shape index (κ2) is 13.3. The van der Waals surface area contributed by atoms with Gasteiger partial charge >= 0.3 is 0 Å². The quantitative estimate of drug-likeness (QED) is 0.262. The van der Waals surface area contributed by atoms with Gasteiger partial charge in [-0.25, -0.2) is 4.98 Å². The van der Waals surface area contributed by atoms with E-state index in [0.717, 1.165) is 27.6 Å². The summed E-state index contributed by atoms with van der Waals surface area (Å²) < 4.78 is 17.7. The highest BCUT2D eigenvalue weighted by atomic mass is 32.1. The number of nitrogens with one attached hydrogen (secondary N) is 1. The van der Waals surface area contributed by atoms with Gasteiger partial charge in [0.15, 0.2) is 17.2 Å². The lowest BCUT2D eigenvalue weighted by atomic mass is 9.98. The van der Waals surface area contributed by atoms with Gasteiger partial charge in [0.05, 0.1) is 23.9 Å². The Balaban J connectivity index is 1.26. The summed E-state index contributed by atoms with van der Waals surface area (Å²) in [7, 11) is 2.02. The van der Waals surface area contributed by atoms with Crippen molar-refractivity contribution >= 4 is 28.8 Å². The van der Waals surface area contributed by atoms with Crippen molar-refractivity contribution in [1.29, 1.82) is 0 Å². The van der Waals surface area contributed by atoms with Crippen LogP contribution in [0.15, 0.2) is 72.2 Å². The van der Waals surface area contributed by atoms with Crippen molar-refractivity contribution in [3.8, 4) is 27.8 Å². The number of hydrogen-bond donors (Lipinski definition) is 2. The van der Waals surface area contributed by atoms with E-state index in [0.29, 0.717) is 42.2 Å². The lowest BCUT2D eigenvalue weighted by Crippen LogP contribution is -2.49. The first-order valence-electron chi connectivity index (χ1n) is 14.9. The molecule has 0 aliphatic carbocycles. The highest BCUT2D eigenvalue weighted by Crippen LogP contribution is 2.36.